The smallest absolute Gasteiger partial charge is 0.255 e. The number of carbonyl (C=O) groups excluding carboxylic acids is 1. The Kier molecular flexibility index (Phi) is 6.30. The lowest BCUT2D eigenvalue weighted by molar-refractivity contribution is 0.0535. The third-order valence-electron chi connectivity index (χ3n) is 7.78. The first-order chi connectivity index (χ1) is 16.1. The molecule has 3 aliphatic heterocycles. The highest BCUT2D eigenvalue weighted by Crippen LogP contribution is 2.48. The van der Waals surface area contributed by atoms with Crippen LogP contribution in [0.1, 0.15) is 65.3 Å². The predicted molar refractivity (Wildman–Crippen MR) is 129 cm³/mol. The molecule has 6 heteroatoms. The Morgan fingerprint density at radius 2 is 1.97 bits per heavy atom. The molecule has 33 heavy (non-hydrogen) atoms. The molecule has 0 radical (unpaired) electrons. The van der Waals surface area contributed by atoms with E-state index in [1.807, 2.05) is 43.3 Å². The van der Waals surface area contributed by atoms with Gasteiger partial charge in [-0.05, 0) is 62.3 Å². The van der Waals surface area contributed by atoms with Crippen LogP contribution >= 0.6 is 0 Å². The van der Waals surface area contributed by atoms with Gasteiger partial charge >= 0.3 is 0 Å². The number of amides is 1. The summed E-state index contributed by atoms with van der Waals surface area (Å²) in [5.41, 5.74) is 4.04. The predicted octanol–water partition coefficient (Wildman–Crippen LogP) is 3.87. The monoisotopic (exact) mass is 449 g/mol. The number of hydrogen-bond acceptors (Lipinski definition) is 5. The molecule has 0 saturated carbocycles. The summed E-state index contributed by atoms with van der Waals surface area (Å²) in [5, 5.41) is 6.90. The fourth-order valence-corrected chi connectivity index (χ4v) is 6.10. The lowest BCUT2D eigenvalue weighted by Crippen LogP contribution is -2.54. The lowest BCUT2D eigenvalue weighted by atomic mass is 9.77. The maximum atomic E-state index is 13.4. The first-order valence-electron chi connectivity index (χ1n) is 12.2. The molecule has 2 aromatic rings. The Morgan fingerprint density at radius 3 is 2.73 bits per heavy atom. The van der Waals surface area contributed by atoms with Gasteiger partial charge in [-0.2, -0.15) is 0 Å². The molecule has 2 fully saturated rings. The van der Waals surface area contributed by atoms with Crippen molar-refractivity contribution in [3.05, 3.63) is 58.7 Å². The standard InChI is InChI=1S/C27H35N3O3/c1-17(18-8-5-4-6-9-18)29-27(31)21-14-19-11-13-30-16-20-10-7-12-28-22(20)15-23(30)24(19)26(33-3)25(21)32-2/h4-6,8-9,14,17,20,22-23,28H,7,10-13,15-16H2,1-3H3,(H,29,31)/t17-,20-,22+,23+/m1/s1. The van der Waals surface area contributed by atoms with Gasteiger partial charge in [0, 0.05) is 30.7 Å². The van der Waals surface area contributed by atoms with Crippen molar-refractivity contribution in [3.63, 3.8) is 0 Å². The Labute approximate surface area is 196 Å². The normalized spacial score (nSPS) is 25.2. The minimum atomic E-state index is -0.135. The van der Waals surface area contributed by atoms with Gasteiger partial charge in [0.25, 0.3) is 5.91 Å². The Morgan fingerprint density at radius 1 is 1.18 bits per heavy atom. The number of fused-ring (bicyclic) bond motifs is 4. The van der Waals surface area contributed by atoms with Crippen LogP contribution in [0.3, 0.4) is 0 Å². The van der Waals surface area contributed by atoms with E-state index in [1.165, 1.54) is 24.0 Å². The molecule has 1 amide bonds. The van der Waals surface area contributed by atoms with E-state index in [9.17, 15) is 4.79 Å². The van der Waals surface area contributed by atoms with Gasteiger partial charge in [0.2, 0.25) is 0 Å². The van der Waals surface area contributed by atoms with E-state index in [0.717, 1.165) is 49.7 Å². The van der Waals surface area contributed by atoms with Crippen LogP contribution in [0.2, 0.25) is 0 Å². The third-order valence-corrected chi connectivity index (χ3v) is 7.78. The van der Waals surface area contributed by atoms with Crippen LogP contribution in [0.25, 0.3) is 0 Å². The summed E-state index contributed by atoms with van der Waals surface area (Å²) in [5.74, 6) is 1.85. The minimum Gasteiger partial charge on any atom is -0.492 e. The zero-order chi connectivity index (χ0) is 22.9. The largest absolute Gasteiger partial charge is 0.492 e. The summed E-state index contributed by atoms with van der Waals surface area (Å²) in [4.78, 5) is 16.0. The molecular formula is C27H35N3O3. The zero-order valence-electron chi connectivity index (χ0n) is 19.9. The van der Waals surface area contributed by atoms with Gasteiger partial charge in [0.05, 0.1) is 25.8 Å². The zero-order valence-corrected chi connectivity index (χ0v) is 19.9. The van der Waals surface area contributed by atoms with Crippen LogP contribution in [-0.4, -0.2) is 50.7 Å². The summed E-state index contributed by atoms with van der Waals surface area (Å²) < 4.78 is 11.8. The maximum absolute atomic E-state index is 13.4. The fourth-order valence-electron chi connectivity index (χ4n) is 6.10. The fraction of sp³-hybridized carbons (Fsp3) is 0.519. The number of benzene rings is 2. The van der Waals surface area contributed by atoms with Gasteiger partial charge in [-0.3, -0.25) is 9.69 Å². The highest BCUT2D eigenvalue weighted by Gasteiger charge is 2.42. The topological polar surface area (TPSA) is 62.8 Å². The van der Waals surface area contributed by atoms with Crippen LogP contribution in [0.4, 0.5) is 0 Å². The average molecular weight is 450 g/mol. The molecule has 5 rings (SSSR count). The Balaban J connectivity index is 1.48. The molecule has 0 unspecified atom stereocenters. The van der Waals surface area contributed by atoms with E-state index < -0.39 is 0 Å². The summed E-state index contributed by atoms with van der Waals surface area (Å²) in [6.07, 6.45) is 4.58. The molecule has 3 heterocycles. The molecule has 0 spiro atoms. The molecule has 0 bridgehead atoms. The first kappa shape index (κ1) is 22.2. The van der Waals surface area contributed by atoms with Gasteiger partial charge in [-0.25, -0.2) is 0 Å². The summed E-state index contributed by atoms with van der Waals surface area (Å²) in [6.45, 7) is 5.27. The van der Waals surface area contributed by atoms with E-state index in [4.69, 9.17) is 9.47 Å². The summed E-state index contributed by atoms with van der Waals surface area (Å²) in [6, 6.07) is 12.8. The number of nitrogens with one attached hydrogen (secondary N) is 2. The van der Waals surface area contributed by atoms with E-state index in [2.05, 4.69) is 15.5 Å². The average Bonchev–Trinajstić information content (AvgIpc) is 2.86. The Hall–Kier alpha value is -2.57. The molecule has 0 aromatic heterocycles. The van der Waals surface area contributed by atoms with Crippen molar-refractivity contribution >= 4 is 5.91 Å². The molecule has 6 nitrogen and oxygen atoms in total. The maximum Gasteiger partial charge on any atom is 0.255 e. The van der Waals surface area contributed by atoms with Gasteiger partial charge in [-0.1, -0.05) is 30.3 Å². The molecule has 2 aromatic carbocycles. The van der Waals surface area contributed by atoms with Gasteiger partial charge in [0.1, 0.15) is 0 Å². The van der Waals surface area contributed by atoms with Crippen LogP contribution in [-0.2, 0) is 6.42 Å². The second-order valence-electron chi connectivity index (χ2n) is 9.63. The molecule has 0 aliphatic carbocycles. The van der Waals surface area contributed by atoms with Crippen LogP contribution in [0.15, 0.2) is 36.4 Å². The van der Waals surface area contributed by atoms with Crippen LogP contribution < -0.4 is 20.1 Å². The van der Waals surface area contributed by atoms with Crippen LogP contribution in [0, 0.1) is 5.92 Å². The number of methoxy groups -OCH3 is 2. The van der Waals surface area contributed by atoms with Gasteiger partial charge < -0.3 is 20.1 Å². The van der Waals surface area contributed by atoms with Crippen molar-refractivity contribution in [3.8, 4) is 11.5 Å². The lowest BCUT2D eigenvalue weighted by Gasteiger charge is -2.49. The number of hydrogen-bond donors (Lipinski definition) is 2. The van der Waals surface area contributed by atoms with Crippen molar-refractivity contribution in [2.45, 2.75) is 50.7 Å². The number of nitrogens with zero attached hydrogens (tertiary/aromatic N) is 1. The van der Waals surface area contributed by atoms with Crippen molar-refractivity contribution in [1.82, 2.24) is 15.5 Å². The molecule has 2 saturated heterocycles. The van der Waals surface area contributed by atoms with Crippen molar-refractivity contribution < 1.29 is 14.3 Å². The third kappa shape index (κ3) is 4.11. The Bertz CT molecular complexity index is 1010. The summed E-state index contributed by atoms with van der Waals surface area (Å²) in [7, 11) is 3.32. The second kappa shape index (κ2) is 9.35. The highest BCUT2D eigenvalue weighted by molar-refractivity contribution is 5.98. The molecule has 4 atom stereocenters. The van der Waals surface area contributed by atoms with Crippen molar-refractivity contribution in [2.75, 3.05) is 33.9 Å². The van der Waals surface area contributed by atoms with Gasteiger partial charge in [-0.15, -0.1) is 0 Å². The summed E-state index contributed by atoms with van der Waals surface area (Å²) >= 11 is 0. The number of rotatable bonds is 5. The quantitative estimate of drug-likeness (QED) is 0.726. The van der Waals surface area contributed by atoms with Gasteiger partial charge in [0.15, 0.2) is 11.5 Å². The minimum absolute atomic E-state index is 0.103. The van der Waals surface area contributed by atoms with E-state index in [-0.39, 0.29) is 11.9 Å². The molecular weight excluding hydrogens is 414 g/mol. The van der Waals surface area contributed by atoms with Crippen LogP contribution in [0.5, 0.6) is 11.5 Å². The molecule has 3 aliphatic rings. The number of piperidine rings is 2. The first-order valence-corrected chi connectivity index (χ1v) is 12.2. The second-order valence-corrected chi connectivity index (χ2v) is 9.63. The number of carbonyl (C=O) groups is 1. The van der Waals surface area contributed by atoms with E-state index in [1.54, 1.807) is 14.2 Å². The van der Waals surface area contributed by atoms with E-state index >= 15 is 0 Å². The molecule has 2 N–H and O–H groups in total. The van der Waals surface area contributed by atoms with Crippen molar-refractivity contribution in [1.29, 1.82) is 0 Å². The molecule has 176 valence electrons. The van der Waals surface area contributed by atoms with E-state index in [0.29, 0.717) is 23.4 Å². The number of ether oxygens (including phenoxy) is 2. The highest BCUT2D eigenvalue weighted by atomic mass is 16.5. The van der Waals surface area contributed by atoms with Crippen molar-refractivity contribution in [2.24, 2.45) is 5.92 Å². The SMILES string of the molecule is COc1c(C(=O)N[C@H](C)c2ccccc2)cc2c(c1OC)[C@@H]1C[C@@H]3NCCC[C@@H]3CN1CC2.